The first-order valence-electron chi connectivity index (χ1n) is 7.88. The van der Waals surface area contributed by atoms with Crippen molar-refractivity contribution in [2.75, 3.05) is 5.32 Å². The first-order valence-corrected chi connectivity index (χ1v) is 7.88. The van der Waals surface area contributed by atoms with Crippen molar-refractivity contribution in [3.05, 3.63) is 71.9 Å². The average Bonchev–Trinajstić information content (AvgIpc) is 3.23. The predicted octanol–water partition coefficient (Wildman–Crippen LogP) is 4.22. The van der Waals surface area contributed by atoms with Gasteiger partial charge in [0.25, 0.3) is 0 Å². The van der Waals surface area contributed by atoms with Gasteiger partial charge in [-0.05, 0) is 37.1 Å². The highest BCUT2D eigenvalue weighted by Gasteiger charge is 2.11. The smallest absolute Gasteiger partial charge is 0.165 e. The number of aryl methyl sites for hydroxylation is 2. The molecular weight excluding hydrogens is 300 g/mol. The summed E-state index contributed by atoms with van der Waals surface area (Å²) in [4.78, 5) is 4.46. The van der Waals surface area contributed by atoms with Crippen molar-refractivity contribution in [2.24, 2.45) is 0 Å². The van der Waals surface area contributed by atoms with Gasteiger partial charge in [0.15, 0.2) is 5.65 Å². The number of benzene rings is 1. The van der Waals surface area contributed by atoms with Gasteiger partial charge >= 0.3 is 0 Å². The molecule has 0 spiro atoms. The second kappa shape index (κ2) is 5.85. The van der Waals surface area contributed by atoms with Gasteiger partial charge < -0.3 is 9.73 Å². The number of anilines is 1. The van der Waals surface area contributed by atoms with E-state index >= 15 is 0 Å². The minimum absolute atomic E-state index is 0.742. The van der Waals surface area contributed by atoms with E-state index in [9.17, 15) is 0 Å². The second-order valence-electron chi connectivity index (χ2n) is 5.92. The van der Waals surface area contributed by atoms with Crippen LogP contribution in [0.25, 0.3) is 16.8 Å². The fraction of sp³-hybridized carbons (Fsp3) is 0.158. The molecule has 0 aliphatic carbocycles. The molecule has 4 rings (SSSR count). The summed E-state index contributed by atoms with van der Waals surface area (Å²) >= 11 is 0. The van der Waals surface area contributed by atoms with Gasteiger partial charge in [0, 0.05) is 23.9 Å². The van der Waals surface area contributed by atoms with Crippen LogP contribution in [-0.4, -0.2) is 14.6 Å². The lowest BCUT2D eigenvalue weighted by atomic mass is 10.1. The molecule has 120 valence electrons. The normalized spacial score (nSPS) is 11.1. The molecule has 24 heavy (non-hydrogen) atoms. The molecule has 5 heteroatoms. The Kier molecular flexibility index (Phi) is 3.54. The van der Waals surface area contributed by atoms with Gasteiger partial charge in [-0.25, -0.2) is 4.98 Å². The zero-order valence-electron chi connectivity index (χ0n) is 13.7. The number of furan rings is 1. The van der Waals surface area contributed by atoms with Gasteiger partial charge in [0.05, 0.1) is 18.7 Å². The molecule has 3 heterocycles. The summed E-state index contributed by atoms with van der Waals surface area (Å²) in [5.41, 5.74) is 6.57. The maximum absolute atomic E-state index is 5.17. The van der Waals surface area contributed by atoms with E-state index in [1.165, 1.54) is 16.7 Å². The minimum atomic E-state index is 0.742. The number of fused-ring (bicyclic) bond motifs is 1. The Morgan fingerprint density at radius 2 is 2.08 bits per heavy atom. The third kappa shape index (κ3) is 2.54. The highest BCUT2D eigenvalue weighted by atomic mass is 16.3. The number of hydrogen-bond acceptors (Lipinski definition) is 4. The summed E-state index contributed by atoms with van der Waals surface area (Å²) < 4.78 is 6.99. The molecule has 0 bridgehead atoms. The Bertz CT molecular complexity index is 986. The lowest BCUT2D eigenvalue weighted by Crippen LogP contribution is -2.06. The van der Waals surface area contributed by atoms with E-state index in [-0.39, 0.29) is 0 Å². The van der Waals surface area contributed by atoms with Crippen molar-refractivity contribution < 1.29 is 4.42 Å². The summed E-state index contributed by atoms with van der Waals surface area (Å²) in [5.74, 6) is 0.912. The van der Waals surface area contributed by atoms with E-state index in [1.54, 1.807) is 18.7 Å². The maximum atomic E-state index is 5.17. The van der Waals surface area contributed by atoms with E-state index in [1.807, 2.05) is 22.8 Å². The number of nitrogens with zero attached hydrogens (tertiary/aromatic N) is 3. The fourth-order valence-corrected chi connectivity index (χ4v) is 2.88. The Morgan fingerprint density at radius 3 is 2.88 bits per heavy atom. The van der Waals surface area contributed by atoms with Crippen LogP contribution < -0.4 is 5.32 Å². The van der Waals surface area contributed by atoms with E-state index < -0.39 is 0 Å². The van der Waals surface area contributed by atoms with Crippen LogP contribution in [0.3, 0.4) is 0 Å². The van der Waals surface area contributed by atoms with Crippen molar-refractivity contribution in [3.63, 3.8) is 0 Å². The van der Waals surface area contributed by atoms with Gasteiger partial charge in [-0.15, -0.1) is 0 Å². The van der Waals surface area contributed by atoms with Crippen molar-refractivity contribution in [3.8, 4) is 11.1 Å². The molecule has 0 aliphatic rings. The Balaban J connectivity index is 1.65. The Hall–Kier alpha value is -3.08. The molecule has 0 aliphatic heterocycles. The molecule has 1 aromatic carbocycles. The van der Waals surface area contributed by atoms with Crippen LogP contribution in [0.2, 0.25) is 0 Å². The predicted molar refractivity (Wildman–Crippen MR) is 93.9 cm³/mol. The molecule has 5 nitrogen and oxygen atoms in total. The van der Waals surface area contributed by atoms with E-state index in [4.69, 9.17) is 4.42 Å². The molecule has 0 unspecified atom stereocenters. The highest BCUT2D eigenvalue weighted by molar-refractivity contribution is 5.77. The number of hydrogen-bond donors (Lipinski definition) is 1. The topological polar surface area (TPSA) is 55.4 Å². The second-order valence-corrected chi connectivity index (χ2v) is 5.92. The summed E-state index contributed by atoms with van der Waals surface area (Å²) in [7, 11) is 0. The van der Waals surface area contributed by atoms with E-state index in [0.717, 1.165) is 29.1 Å². The van der Waals surface area contributed by atoms with Gasteiger partial charge in [-0.1, -0.05) is 23.8 Å². The molecule has 0 amide bonds. The zero-order valence-corrected chi connectivity index (χ0v) is 13.7. The minimum Gasteiger partial charge on any atom is -0.472 e. The van der Waals surface area contributed by atoms with Crippen molar-refractivity contribution >= 4 is 11.5 Å². The molecular formula is C19H18N4O. The molecule has 3 aromatic heterocycles. The summed E-state index contributed by atoms with van der Waals surface area (Å²) in [6.45, 7) is 4.99. The monoisotopic (exact) mass is 318 g/mol. The maximum Gasteiger partial charge on any atom is 0.165 e. The third-order valence-corrected chi connectivity index (χ3v) is 4.19. The van der Waals surface area contributed by atoms with Gasteiger partial charge in [0.2, 0.25) is 0 Å². The van der Waals surface area contributed by atoms with Crippen LogP contribution >= 0.6 is 0 Å². The third-order valence-electron chi connectivity index (χ3n) is 4.19. The molecule has 0 saturated heterocycles. The lowest BCUT2D eigenvalue weighted by Gasteiger charge is -2.11. The quantitative estimate of drug-likeness (QED) is 0.612. The van der Waals surface area contributed by atoms with Crippen LogP contribution in [0, 0.1) is 13.8 Å². The first-order chi connectivity index (χ1) is 11.7. The van der Waals surface area contributed by atoms with Crippen LogP contribution in [0.4, 0.5) is 5.82 Å². The molecule has 0 atom stereocenters. The number of aromatic nitrogens is 3. The highest BCUT2D eigenvalue weighted by Crippen LogP contribution is 2.25. The molecule has 0 saturated carbocycles. The van der Waals surface area contributed by atoms with Crippen molar-refractivity contribution in [1.82, 2.24) is 14.6 Å². The van der Waals surface area contributed by atoms with Gasteiger partial charge in [-0.2, -0.15) is 9.61 Å². The van der Waals surface area contributed by atoms with Crippen molar-refractivity contribution in [1.29, 1.82) is 0 Å². The number of rotatable bonds is 4. The molecule has 0 fully saturated rings. The van der Waals surface area contributed by atoms with Crippen LogP contribution in [0.15, 0.2) is 59.7 Å². The SMILES string of the molecule is Cc1ccc(CNc2ccnc3c(-c4ccoc4)cnn23)c(C)c1. The van der Waals surface area contributed by atoms with E-state index in [0.29, 0.717) is 0 Å². The fourth-order valence-electron chi connectivity index (χ4n) is 2.88. The van der Waals surface area contributed by atoms with E-state index in [2.05, 4.69) is 47.4 Å². The lowest BCUT2D eigenvalue weighted by molar-refractivity contribution is 0.568. The van der Waals surface area contributed by atoms with Crippen molar-refractivity contribution in [2.45, 2.75) is 20.4 Å². The number of nitrogens with one attached hydrogen (secondary N) is 1. The largest absolute Gasteiger partial charge is 0.472 e. The van der Waals surface area contributed by atoms with Crippen LogP contribution in [0.5, 0.6) is 0 Å². The standard InChI is InChI=1S/C19H18N4O/c1-13-3-4-15(14(2)9-13)10-21-18-5-7-20-19-17(11-22-23(18)19)16-6-8-24-12-16/h3-9,11-12,21H,10H2,1-2H3. The Labute approximate surface area is 140 Å². The summed E-state index contributed by atoms with van der Waals surface area (Å²) in [6.07, 6.45) is 6.97. The molecule has 4 aromatic rings. The van der Waals surface area contributed by atoms with Crippen LogP contribution in [-0.2, 0) is 6.54 Å². The average molecular weight is 318 g/mol. The summed E-state index contributed by atoms with van der Waals surface area (Å²) in [5, 5.41) is 7.93. The van der Waals surface area contributed by atoms with Crippen LogP contribution in [0.1, 0.15) is 16.7 Å². The Morgan fingerprint density at radius 1 is 1.17 bits per heavy atom. The van der Waals surface area contributed by atoms with Gasteiger partial charge in [0.1, 0.15) is 5.82 Å². The molecule has 1 N–H and O–H groups in total. The molecule has 0 radical (unpaired) electrons. The first kappa shape index (κ1) is 14.5. The summed E-state index contributed by atoms with van der Waals surface area (Å²) in [6, 6.07) is 10.3. The van der Waals surface area contributed by atoms with Gasteiger partial charge in [-0.3, -0.25) is 0 Å². The zero-order chi connectivity index (χ0) is 16.5.